The molecule has 3 nitrogen and oxygen atoms in total. The van der Waals surface area contributed by atoms with Crippen molar-refractivity contribution in [2.75, 3.05) is 13.1 Å². The fraction of sp³-hybridized carbons (Fsp3) is 0.562. The minimum absolute atomic E-state index is 0.187. The van der Waals surface area contributed by atoms with Crippen LogP contribution in [0.4, 0.5) is 0 Å². The van der Waals surface area contributed by atoms with Crippen molar-refractivity contribution < 1.29 is 9.90 Å². The summed E-state index contributed by atoms with van der Waals surface area (Å²) in [6, 6.07) is 7.83. The van der Waals surface area contributed by atoms with Crippen molar-refractivity contribution in [1.29, 1.82) is 0 Å². The molecule has 1 N–H and O–H groups in total. The molecule has 19 heavy (non-hydrogen) atoms. The lowest BCUT2D eigenvalue weighted by Gasteiger charge is -2.27. The molecule has 1 aromatic carbocycles. The second-order valence-corrected chi connectivity index (χ2v) is 5.38. The number of nitrogens with zero attached hydrogens (tertiary/aromatic N) is 1. The third-order valence-corrected chi connectivity index (χ3v) is 3.86. The van der Waals surface area contributed by atoms with Crippen molar-refractivity contribution >= 4 is 5.91 Å². The molecule has 0 bridgehead atoms. The van der Waals surface area contributed by atoms with Crippen molar-refractivity contribution in [2.45, 2.75) is 45.1 Å². The van der Waals surface area contributed by atoms with Gasteiger partial charge in [-0.25, -0.2) is 0 Å². The zero-order chi connectivity index (χ0) is 13.7. The lowest BCUT2D eigenvalue weighted by molar-refractivity contribution is -0.133. The minimum atomic E-state index is -0.579. The van der Waals surface area contributed by atoms with Crippen molar-refractivity contribution in [3.63, 3.8) is 0 Å². The highest BCUT2D eigenvalue weighted by Gasteiger charge is 2.20. The lowest BCUT2D eigenvalue weighted by Crippen LogP contribution is -2.36. The van der Waals surface area contributed by atoms with Crippen LogP contribution in [0.2, 0.25) is 0 Å². The van der Waals surface area contributed by atoms with Crippen molar-refractivity contribution in [2.24, 2.45) is 0 Å². The van der Waals surface area contributed by atoms with Gasteiger partial charge >= 0.3 is 0 Å². The van der Waals surface area contributed by atoms with Crippen LogP contribution in [0.15, 0.2) is 24.3 Å². The van der Waals surface area contributed by atoms with Gasteiger partial charge in [-0.2, -0.15) is 0 Å². The zero-order valence-electron chi connectivity index (χ0n) is 11.6. The van der Waals surface area contributed by atoms with E-state index in [4.69, 9.17) is 0 Å². The van der Waals surface area contributed by atoms with Crippen LogP contribution < -0.4 is 0 Å². The number of aryl methyl sites for hydroxylation is 1. The van der Waals surface area contributed by atoms with Crippen LogP contribution in [0.1, 0.15) is 49.3 Å². The Hall–Kier alpha value is -1.35. The first-order valence-corrected chi connectivity index (χ1v) is 7.20. The average Bonchev–Trinajstić information content (AvgIpc) is 2.39. The quantitative estimate of drug-likeness (QED) is 0.909. The molecule has 1 amide bonds. The first-order chi connectivity index (χ1) is 9.18. The number of hydrogen-bond acceptors (Lipinski definition) is 2. The summed E-state index contributed by atoms with van der Waals surface area (Å²) in [6.45, 7) is 3.19. The molecule has 1 saturated heterocycles. The molecule has 1 fully saturated rings. The van der Waals surface area contributed by atoms with E-state index in [-0.39, 0.29) is 5.91 Å². The van der Waals surface area contributed by atoms with Gasteiger partial charge in [-0.1, -0.05) is 37.1 Å². The summed E-state index contributed by atoms with van der Waals surface area (Å²) in [5.41, 5.74) is 2.01. The minimum Gasteiger partial charge on any atom is -0.387 e. The summed E-state index contributed by atoms with van der Waals surface area (Å²) in [5.74, 6) is 0.187. The number of carbonyl (C=O) groups is 1. The number of β-amino-alcohol motifs (C(OH)–C–C–N with tert-alkyl or cyclic N) is 1. The molecule has 104 valence electrons. The van der Waals surface area contributed by atoms with E-state index in [1.807, 2.05) is 36.1 Å². The maximum absolute atomic E-state index is 12.0. The molecule has 1 heterocycles. The zero-order valence-corrected chi connectivity index (χ0v) is 11.6. The summed E-state index contributed by atoms with van der Waals surface area (Å²) < 4.78 is 0. The molecule has 0 aliphatic carbocycles. The average molecular weight is 261 g/mol. The monoisotopic (exact) mass is 261 g/mol. The number of rotatable bonds is 3. The van der Waals surface area contributed by atoms with E-state index < -0.39 is 6.10 Å². The molecule has 0 saturated carbocycles. The predicted molar refractivity (Wildman–Crippen MR) is 75.8 cm³/mol. The second kappa shape index (κ2) is 6.71. The number of carbonyl (C=O) groups excluding carboxylic acids is 1. The molecule has 0 radical (unpaired) electrons. The first kappa shape index (κ1) is 14.1. The van der Waals surface area contributed by atoms with E-state index in [2.05, 4.69) is 0 Å². The van der Waals surface area contributed by atoms with Crippen LogP contribution in [0, 0.1) is 6.92 Å². The van der Waals surface area contributed by atoms with Crippen molar-refractivity contribution in [3.05, 3.63) is 35.4 Å². The molecule has 3 heteroatoms. The number of benzene rings is 1. The summed E-state index contributed by atoms with van der Waals surface area (Å²) in [4.78, 5) is 13.9. The van der Waals surface area contributed by atoms with Crippen LogP contribution in [0.25, 0.3) is 0 Å². The van der Waals surface area contributed by atoms with E-state index in [9.17, 15) is 9.90 Å². The number of likely N-dealkylation sites (tertiary alicyclic amines) is 1. The standard InChI is InChI=1S/C16H23NO2/c1-13-8-5-6-9-14(13)15(18)12-17-11-7-3-2-4-10-16(17)19/h5-6,8-9,15,18H,2-4,7,10-12H2,1H3. The number of aliphatic hydroxyl groups is 1. The summed E-state index contributed by atoms with van der Waals surface area (Å²) in [5, 5.41) is 10.3. The van der Waals surface area contributed by atoms with E-state index in [1.54, 1.807) is 0 Å². The number of hydrogen-bond donors (Lipinski definition) is 1. The Balaban J connectivity index is 2.02. The Bertz CT molecular complexity index is 431. The molecule has 1 unspecified atom stereocenters. The normalized spacial score (nSPS) is 18.8. The van der Waals surface area contributed by atoms with E-state index in [0.29, 0.717) is 13.0 Å². The van der Waals surface area contributed by atoms with Crippen LogP contribution in [0.3, 0.4) is 0 Å². The fourth-order valence-electron chi connectivity index (χ4n) is 2.68. The van der Waals surface area contributed by atoms with Gasteiger partial charge < -0.3 is 10.0 Å². The summed E-state index contributed by atoms with van der Waals surface area (Å²) in [7, 11) is 0. The molecule has 2 rings (SSSR count). The maximum Gasteiger partial charge on any atom is 0.222 e. The van der Waals surface area contributed by atoms with Gasteiger partial charge in [-0.3, -0.25) is 4.79 Å². The summed E-state index contributed by atoms with van der Waals surface area (Å²) >= 11 is 0. The van der Waals surface area contributed by atoms with Gasteiger partial charge in [0.05, 0.1) is 12.6 Å². The lowest BCUT2D eigenvalue weighted by atomic mass is 10.0. The predicted octanol–water partition coefficient (Wildman–Crippen LogP) is 2.82. The van der Waals surface area contributed by atoms with Crippen LogP contribution in [0.5, 0.6) is 0 Å². The third-order valence-electron chi connectivity index (χ3n) is 3.86. The van der Waals surface area contributed by atoms with Crippen molar-refractivity contribution in [3.8, 4) is 0 Å². The van der Waals surface area contributed by atoms with Crippen LogP contribution in [-0.4, -0.2) is 29.0 Å². The largest absolute Gasteiger partial charge is 0.387 e. The van der Waals surface area contributed by atoms with Gasteiger partial charge in [0.2, 0.25) is 5.91 Å². The van der Waals surface area contributed by atoms with Crippen molar-refractivity contribution in [1.82, 2.24) is 4.90 Å². The highest BCUT2D eigenvalue weighted by molar-refractivity contribution is 5.76. The van der Waals surface area contributed by atoms with E-state index in [0.717, 1.165) is 36.9 Å². The molecule has 1 aliphatic heterocycles. The Morgan fingerprint density at radius 1 is 1.21 bits per heavy atom. The Labute approximate surface area is 115 Å². The van der Waals surface area contributed by atoms with Gasteiger partial charge in [0, 0.05) is 13.0 Å². The Kier molecular flexibility index (Phi) is 4.97. The molecular weight excluding hydrogens is 238 g/mol. The Morgan fingerprint density at radius 3 is 2.74 bits per heavy atom. The highest BCUT2D eigenvalue weighted by atomic mass is 16.3. The number of aliphatic hydroxyl groups excluding tert-OH is 1. The van der Waals surface area contributed by atoms with Gasteiger partial charge in [-0.05, 0) is 30.9 Å². The topological polar surface area (TPSA) is 40.5 Å². The molecule has 0 spiro atoms. The van der Waals surface area contributed by atoms with E-state index >= 15 is 0 Å². The number of amides is 1. The molecule has 1 aliphatic rings. The second-order valence-electron chi connectivity index (χ2n) is 5.38. The molecule has 1 atom stereocenters. The van der Waals surface area contributed by atoms with Gasteiger partial charge in [0.25, 0.3) is 0 Å². The van der Waals surface area contributed by atoms with Crippen LogP contribution in [-0.2, 0) is 4.79 Å². The smallest absolute Gasteiger partial charge is 0.222 e. The van der Waals surface area contributed by atoms with Gasteiger partial charge in [0.15, 0.2) is 0 Å². The maximum atomic E-state index is 12.0. The fourth-order valence-corrected chi connectivity index (χ4v) is 2.68. The van der Waals surface area contributed by atoms with Gasteiger partial charge in [-0.15, -0.1) is 0 Å². The SMILES string of the molecule is Cc1ccccc1C(O)CN1CCCCCCC1=O. The summed E-state index contributed by atoms with van der Waals surface area (Å²) in [6.07, 6.45) is 4.41. The molecule has 0 aromatic heterocycles. The molecule has 1 aromatic rings. The van der Waals surface area contributed by atoms with E-state index in [1.165, 1.54) is 6.42 Å². The first-order valence-electron chi connectivity index (χ1n) is 7.20. The molecular formula is C16H23NO2. The Morgan fingerprint density at radius 2 is 1.95 bits per heavy atom. The third kappa shape index (κ3) is 3.80. The van der Waals surface area contributed by atoms with Crippen LogP contribution >= 0.6 is 0 Å². The van der Waals surface area contributed by atoms with Gasteiger partial charge in [0.1, 0.15) is 0 Å². The highest BCUT2D eigenvalue weighted by Crippen LogP contribution is 2.20.